The number of benzene rings is 1. The molecule has 18 nitrogen and oxygen atoms in total. The Morgan fingerprint density at radius 1 is 0.673 bits per heavy atom. The molecule has 2 unspecified atom stereocenters. The van der Waals surface area contributed by atoms with Gasteiger partial charge in [-0.25, -0.2) is 18.0 Å². The van der Waals surface area contributed by atoms with Crippen LogP contribution in [-0.2, 0) is 58.0 Å². The van der Waals surface area contributed by atoms with Crippen molar-refractivity contribution in [2.75, 3.05) is 71.8 Å². The Morgan fingerprint density at radius 3 is 1.56 bits per heavy atom. The molecule has 55 heavy (non-hydrogen) atoms. The maximum Gasteiger partial charge on any atom is 0.342 e. The van der Waals surface area contributed by atoms with Crippen molar-refractivity contribution >= 4 is 39.4 Å². The van der Waals surface area contributed by atoms with Crippen LogP contribution in [0.1, 0.15) is 90.9 Å². The fraction of sp³-hybridized carbons (Fsp3) is 0.722. The van der Waals surface area contributed by atoms with Crippen LogP contribution in [0.3, 0.4) is 0 Å². The number of rotatable bonds is 32. The van der Waals surface area contributed by atoms with Crippen molar-refractivity contribution in [3.05, 3.63) is 12.1 Å². The van der Waals surface area contributed by atoms with Crippen molar-refractivity contribution < 1.29 is 76.3 Å². The lowest BCUT2D eigenvalue weighted by Crippen LogP contribution is -2.41. The van der Waals surface area contributed by atoms with E-state index in [0.717, 1.165) is 0 Å². The summed E-state index contributed by atoms with van der Waals surface area (Å²) in [6.45, 7) is 3.48. The summed E-state index contributed by atoms with van der Waals surface area (Å²) in [5.74, 6) is -2.36. The van der Waals surface area contributed by atoms with Gasteiger partial charge in [0.05, 0.1) is 38.9 Å². The average molecular weight is 809 g/mol. The Labute approximate surface area is 323 Å². The van der Waals surface area contributed by atoms with E-state index in [-0.39, 0.29) is 112 Å². The van der Waals surface area contributed by atoms with Gasteiger partial charge in [0.1, 0.15) is 28.6 Å². The summed E-state index contributed by atoms with van der Waals surface area (Å²) in [6, 6.07) is 2.65. The Balaban J connectivity index is 2.76. The first-order chi connectivity index (χ1) is 26.3. The molecule has 0 radical (unpaired) electrons. The van der Waals surface area contributed by atoms with Gasteiger partial charge in [0.2, 0.25) is 0 Å². The van der Waals surface area contributed by atoms with Gasteiger partial charge in [-0.1, -0.05) is 12.8 Å². The quantitative estimate of drug-likeness (QED) is 0.0311. The number of sulfone groups is 1. The number of aliphatic hydroxyl groups excluding tert-OH is 2. The number of unbranched alkanes of at least 4 members (excludes halogenated alkanes) is 4. The fourth-order valence-electron chi connectivity index (χ4n) is 5.09. The lowest BCUT2D eigenvalue weighted by Gasteiger charge is -2.28. The first-order valence-electron chi connectivity index (χ1n) is 18.5. The zero-order chi connectivity index (χ0) is 41.1. The Bertz CT molecular complexity index is 1340. The number of anilines is 1. The summed E-state index contributed by atoms with van der Waals surface area (Å²) < 4.78 is 48.6. The van der Waals surface area contributed by atoms with Crippen LogP contribution < -0.4 is 15.2 Å². The molecular weight excluding hydrogens is 748 g/mol. The highest BCUT2D eigenvalue weighted by Crippen LogP contribution is 2.34. The first-order valence-corrected chi connectivity index (χ1v) is 20.1. The Morgan fingerprint density at radius 2 is 1.13 bits per heavy atom. The number of carbonyl (C=O) groups excluding carboxylic acids is 4. The van der Waals surface area contributed by atoms with Gasteiger partial charge in [0.15, 0.2) is 9.84 Å². The lowest BCUT2D eigenvalue weighted by atomic mass is 10.2. The summed E-state index contributed by atoms with van der Waals surface area (Å²) in [6.07, 6.45) is 2.95. The van der Waals surface area contributed by atoms with E-state index in [0.29, 0.717) is 38.5 Å². The largest absolute Gasteiger partial charge is 0.495 e. The maximum atomic E-state index is 13.5. The molecule has 1 aromatic carbocycles. The van der Waals surface area contributed by atoms with E-state index >= 15 is 0 Å². The van der Waals surface area contributed by atoms with Crippen LogP contribution in [0.2, 0.25) is 0 Å². The minimum atomic E-state index is -3.97. The molecule has 0 aliphatic heterocycles. The summed E-state index contributed by atoms with van der Waals surface area (Å²) in [7, 11) is -1.29. The molecule has 1 aromatic rings. The average Bonchev–Trinajstić information content (AvgIpc) is 3.13. The Kier molecular flexibility index (Phi) is 25.6. The van der Waals surface area contributed by atoms with Gasteiger partial charge in [-0.2, -0.15) is 9.78 Å². The third-order valence-electron chi connectivity index (χ3n) is 7.82. The van der Waals surface area contributed by atoms with Crippen molar-refractivity contribution in [3.8, 4) is 11.5 Å². The molecule has 2 atom stereocenters. The van der Waals surface area contributed by atoms with Crippen molar-refractivity contribution in [1.82, 2.24) is 4.90 Å². The number of nitrogen functional groups attached to an aromatic ring is 1. The molecule has 0 aromatic heterocycles. The molecule has 0 fully saturated rings. The molecule has 0 saturated carbocycles. The fourth-order valence-corrected chi connectivity index (χ4v) is 6.54. The minimum absolute atomic E-state index is 0.0263. The predicted octanol–water partition coefficient (Wildman–Crippen LogP) is 2.84. The molecule has 316 valence electrons. The predicted molar refractivity (Wildman–Crippen MR) is 197 cm³/mol. The number of esters is 2. The van der Waals surface area contributed by atoms with Crippen molar-refractivity contribution in [1.29, 1.82) is 0 Å². The monoisotopic (exact) mass is 808 g/mol. The van der Waals surface area contributed by atoms with Gasteiger partial charge in [-0.3, -0.25) is 24.3 Å². The number of aliphatic hydroxyl groups is 2. The Hall–Kier alpha value is -3.75. The van der Waals surface area contributed by atoms with E-state index in [1.807, 2.05) is 0 Å². The zero-order valence-electron chi connectivity index (χ0n) is 32.5. The second-order valence-electron chi connectivity index (χ2n) is 12.8. The van der Waals surface area contributed by atoms with Crippen LogP contribution in [0.4, 0.5) is 5.69 Å². The number of methoxy groups -OCH3 is 2. The van der Waals surface area contributed by atoms with Crippen molar-refractivity contribution in [2.45, 2.75) is 108 Å². The van der Waals surface area contributed by atoms with E-state index in [1.54, 1.807) is 18.7 Å². The molecule has 0 amide bonds. The highest BCUT2D eigenvalue weighted by Gasteiger charge is 2.26. The first kappa shape index (κ1) is 49.3. The molecule has 0 saturated heterocycles. The minimum Gasteiger partial charge on any atom is -0.495 e. The van der Waals surface area contributed by atoms with Gasteiger partial charge >= 0.3 is 23.9 Å². The number of nitrogens with zero attached hydrogens (tertiary/aromatic N) is 1. The number of nitrogens with two attached hydrogens (primary N) is 1. The van der Waals surface area contributed by atoms with Crippen molar-refractivity contribution in [2.24, 2.45) is 0 Å². The lowest BCUT2D eigenvalue weighted by molar-refractivity contribution is -0.273. The van der Waals surface area contributed by atoms with Crippen LogP contribution in [0.5, 0.6) is 11.5 Å². The topological polar surface area (TPSA) is 246 Å². The summed E-state index contributed by atoms with van der Waals surface area (Å²) in [5, 5.41) is 17.6. The van der Waals surface area contributed by atoms with Gasteiger partial charge in [-0.15, -0.1) is 0 Å². The van der Waals surface area contributed by atoms with Crippen molar-refractivity contribution in [3.63, 3.8) is 0 Å². The molecule has 19 heteroatoms. The highest BCUT2D eigenvalue weighted by atomic mass is 32.2. The highest BCUT2D eigenvalue weighted by molar-refractivity contribution is 7.91. The zero-order valence-corrected chi connectivity index (χ0v) is 33.3. The molecule has 0 bridgehead atoms. The molecule has 4 N–H and O–H groups in total. The van der Waals surface area contributed by atoms with Gasteiger partial charge in [0.25, 0.3) is 0 Å². The molecule has 0 spiro atoms. The second kappa shape index (κ2) is 28.6. The van der Waals surface area contributed by atoms with E-state index in [1.165, 1.54) is 26.4 Å². The molecular formula is C36H60N2O16S. The maximum absolute atomic E-state index is 13.5. The van der Waals surface area contributed by atoms with Crippen LogP contribution in [0.25, 0.3) is 0 Å². The second-order valence-corrected chi connectivity index (χ2v) is 14.8. The normalized spacial score (nSPS) is 12.5. The van der Waals surface area contributed by atoms with Gasteiger partial charge < -0.3 is 34.9 Å². The number of ether oxygens (including phenoxy) is 4. The SMILES string of the molecule is COc1cc(S(=O)(=O)CCN(CC(C)OC(=O)CCCOOC(=O)CCCCCO)CC(C)OC(=O)CCCOOC(=O)CCCCCO)c(OC)cc1N. The van der Waals surface area contributed by atoms with E-state index < -0.39 is 45.9 Å². The molecule has 0 heterocycles. The van der Waals surface area contributed by atoms with Crippen LogP contribution in [-0.4, -0.2) is 126 Å². The third kappa shape index (κ3) is 22.4. The van der Waals surface area contributed by atoms with E-state index in [2.05, 4.69) is 9.78 Å². The van der Waals surface area contributed by atoms with Crippen LogP contribution >= 0.6 is 0 Å². The van der Waals surface area contributed by atoms with E-state index in [4.69, 9.17) is 44.7 Å². The van der Waals surface area contributed by atoms with Gasteiger partial charge in [-0.05, 0) is 52.4 Å². The summed E-state index contributed by atoms with van der Waals surface area (Å²) in [5.41, 5.74) is 6.13. The molecule has 0 aliphatic carbocycles. The molecule has 0 aliphatic rings. The smallest absolute Gasteiger partial charge is 0.342 e. The van der Waals surface area contributed by atoms with Crippen LogP contribution in [0.15, 0.2) is 17.0 Å². The summed E-state index contributed by atoms with van der Waals surface area (Å²) >= 11 is 0. The number of carbonyl (C=O) groups is 4. The molecule has 1 rings (SSSR count). The summed E-state index contributed by atoms with van der Waals surface area (Å²) in [4.78, 5) is 69.1. The number of hydrogen-bond donors (Lipinski definition) is 3. The number of hydrogen-bond acceptors (Lipinski definition) is 18. The van der Waals surface area contributed by atoms with Gasteiger partial charge in [0, 0.05) is 70.7 Å². The standard InChI is InChI=1S/C36H60N2O16S/c1-27(51-33(41)15-11-20-49-53-35(43)13-7-5-9-18-39)25-38(17-22-55(45,46)32-24-30(47-3)29(37)23-31(32)48-4)26-28(2)52-34(42)16-12-21-50-54-36(44)14-8-6-10-19-40/h23-24,27-28,39-40H,5-22,25-26,37H2,1-4H3. The third-order valence-corrected chi connectivity index (χ3v) is 9.53. The van der Waals surface area contributed by atoms with E-state index in [9.17, 15) is 27.6 Å². The van der Waals surface area contributed by atoms with Crippen LogP contribution in [0, 0.1) is 0 Å².